The van der Waals surface area contributed by atoms with Gasteiger partial charge in [0.1, 0.15) is 11.5 Å². The van der Waals surface area contributed by atoms with Crippen molar-refractivity contribution in [2.45, 2.75) is 10.3 Å². The molecule has 17 heavy (non-hydrogen) atoms. The van der Waals surface area contributed by atoms with Gasteiger partial charge in [-0.05, 0) is 25.2 Å². The average Bonchev–Trinajstić information content (AvgIpc) is 2.35. The van der Waals surface area contributed by atoms with Crippen molar-refractivity contribution in [2.24, 2.45) is 0 Å². The summed E-state index contributed by atoms with van der Waals surface area (Å²) in [6.45, 7) is 0. The van der Waals surface area contributed by atoms with Crippen LogP contribution in [0.2, 0.25) is 0 Å². The number of nitrogens with one attached hydrogen (secondary N) is 1. The van der Waals surface area contributed by atoms with Crippen LogP contribution < -0.4 is 14.8 Å². The number of hydrogen-bond donors (Lipinski definition) is 2. The molecule has 0 radical (unpaired) electrons. The second-order valence-corrected chi connectivity index (χ2v) is 4.29. The molecule has 2 N–H and O–H groups in total. The number of carboxylic acids is 1. The molecular weight excluding hydrogens is 242 g/mol. The van der Waals surface area contributed by atoms with Crippen LogP contribution in [-0.2, 0) is 4.79 Å². The van der Waals surface area contributed by atoms with Gasteiger partial charge in [-0.3, -0.25) is 5.32 Å². The smallest absolute Gasteiger partial charge is 0.331 e. The first-order chi connectivity index (χ1) is 8.12. The number of likely N-dealkylation sites (N-methyl/N-ethyl adjacent to an activating group) is 1. The number of aliphatic carboxylic acids is 1. The highest BCUT2D eigenvalue weighted by Crippen LogP contribution is 2.34. The molecule has 0 heterocycles. The first-order valence-corrected chi connectivity index (χ1v) is 5.79. The van der Waals surface area contributed by atoms with E-state index in [1.165, 1.54) is 0 Å². The van der Waals surface area contributed by atoms with Gasteiger partial charge < -0.3 is 14.6 Å². The van der Waals surface area contributed by atoms with Crippen LogP contribution in [0.15, 0.2) is 23.1 Å². The van der Waals surface area contributed by atoms with E-state index in [0.29, 0.717) is 16.4 Å². The molecule has 1 unspecified atom stereocenters. The molecule has 0 spiro atoms. The Labute approximate surface area is 104 Å². The highest BCUT2D eigenvalue weighted by atomic mass is 32.2. The third-order valence-corrected chi connectivity index (χ3v) is 3.35. The first-order valence-electron chi connectivity index (χ1n) is 4.91. The SMILES string of the molecule is CNC(Sc1cc(OC)ccc1OC)C(=O)O. The van der Waals surface area contributed by atoms with E-state index in [1.807, 2.05) is 0 Å². The average molecular weight is 257 g/mol. The molecule has 5 nitrogen and oxygen atoms in total. The zero-order chi connectivity index (χ0) is 12.8. The van der Waals surface area contributed by atoms with E-state index in [-0.39, 0.29) is 0 Å². The molecule has 1 atom stereocenters. The lowest BCUT2D eigenvalue weighted by atomic mass is 10.3. The zero-order valence-corrected chi connectivity index (χ0v) is 10.7. The van der Waals surface area contributed by atoms with E-state index in [2.05, 4.69) is 5.32 Å². The van der Waals surface area contributed by atoms with Gasteiger partial charge >= 0.3 is 5.97 Å². The molecule has 0 bridgehead atoms. The van der Waals surface area contributed by atoms with E-state index in [9.17, 15) is 4.79 Å². The standard InChI is InChI=1S/C11H15NO4S/c1-12-10(11(13)14)17-9-6-7(15-2)4-5-8(9)16-3/h4-6,10,12H,1-3H3,(H,13,14). The second kappa shape index (κ2) is 6.36. The quantitative estimate of drug-likeness (QED) is 0.593. The van der Waals surface area contributed by atoms with Crippen molar-refractivity contribution >= 4 is 17.7 Å². The Morgan fingerprint density at radius 1 is 1.41 bits per heavy atom. The van der Waals surface area contributed by atoms with Crippen LogP contribution >= 0.6 is 11.8 Å². The Kier molecular flexibility index (Phi) is 5.11. The van der Waals surface area contributed by atoms with Crippen LogP contribution in [0.5, 0.6) is 11.5 Å². The van der Waals surface area contributed by atoms with Crippen molar-refractivity contribution in [3.05, 3.63) is 18.2 Å². The molecule has 0 saturated heterocycles. The Morgan fingerprint density at radius 2 is 2.12 bits per heavy atom. The number of rotatable bonds is 6. The maximum absolute atomic E-state index is 10.9. The van der Waals surface area contributed by atoms with Gasteiger partial charge in [-0.2, -0.15) is 0 Å². The maximum atomic E-state index is 10.9. The number of carbonyl (C=O) groups is 1. The van der Waals surface area contributed by atoms with Crippen molar-refractivity contribution in [1.82, 2.24) is 5.32 Å². The Hall–Kier alpha value is -1.40. The summed E-state index contributed by atoms with van der Waals surface area (Å²) < 4.78 is 10.3. The fourth-order valence-corrected chi connectivity index (χ4v) is 2.16. The number of benzene rings is 1. The summed E-state index contributed by atoms with van der Waals surface area (Å²) >= 11 is 1.16. The van der Waals surface area contributed by atoms with Crippen LogP contribution in [0.25, 0.3) is 0 Å². The van der Waals surface area contributed by atoms with Gasteiger partial charge in [-0.1, -0.05) is 11.8 Å². The minimum absolute atomic E-state index is 0.622. The number of ether oxygens (including phenoxy) is 2. The Morgan fingerprint density at radius 3 is 2.59 bits per heavy atom. The van der Waals surface area contributed by atoms with Gasteiger partial charge in [0.25, 0.3) is 0 Å². The van der Waals surface area contributed by atoms with Gasteiger partial charge in [0.05, 0.1) is 19.1 Å². The lowest BCUT2D eigenvalue weighted by molar-refractivity contribution is -0.136. The van der Waals surface area contributed by atoms with E-state index < -0.39 is 11.3 Å². The summed E-state index contributed by atoms with van der Waals surface area (Å²) in [5.74, 6) is 0.355. The van der Waals surface area contributed by atoms with Crippen molar-refractivity contribution in [2.75, 3.05) is 21.3 Å². The summed E-state index contributed by atoms with van der Waals surface area (Å²) in [6, 6.07) is 5.25. The summed E-state index contributed by atoms with van der Waals surface area (Å²) in [5, 5.41) is 10.9. The van der Waals surface area contributed by atoms with Crippen LogP contribution in [0, 0.1) is 0 Å². The molecule has 0 aliphatic carbocycles. The van der Waals surface area contributed by atoms with Crippen LogP contribution in [0.3, 0.4) is 0 Å². The first kappa shape index (κ1) is 13.7. The highest BCUT2D eigenvalue weighted by molar-refractivity contribution is 8.00. The summed E-state index contributed by atoms with van der Waals surface area (Å²) in [4.78, 5) is 11.6. The second-order valence-electron chi connectivity index (χ2n) is 3.14. The largest absolute Gasteiger partial charge is 0.497 e. The molecule has 1 rings (SSSR count). The number of thioether (sulfide) groups is 1. The molecular formula is C11H15NO4S. The van der Waals surface area contributed by atoms with Crippen LogP contribution in [0.4, 0.5) is 0 Å². The minimum Gasteiger partial charge on any atom is -0.497 e. The number of methoxy groups -OCH3 is 2. The van der Waals surface area contributed by atoms with E-state index >= 15 is 0 Å². The van der Waals surface area contributed by atoms with E-state index in [4.69, 9.17) is 14.6 Å². The number of carboxylic acid groups (broad SMARTS) is 1. The van der Waals surface area contributed by atoms with Crippen molar-refractivity contribution in [3.63, 3.8) is 0 Å². The van der Waals surface area contributed by atoms with Crippen molar-refractivity contribution in [3.8, 4) is 11.5 Å². The monoisotopic (exact) mass is 257 g/mol. The normalized spacial score (nSPS) is 11.9. The molecule has 1 aromatic carbocycles. The fraction of sp³-hybridized carbons (Fsp3) is 0.364. The van der Waals surface area contributed by atoms with Gasteiger partial charge in [-0.25, -0.2) is 4.79 Å². The van der Waals surface area contributed by atoms with Gasteiger partial charge in [0.15, 0.2) is 5.37 Å². The third kappa shape index (κ3) is 3.54. The Bertz CT molecular complexity index is 397. The van der Waals surface area contributed by atoms with Crippen molar-refractivity contribution < 1.29 is 19.4 Å². The third-order valence-electron chi connectivity index (χ3n) is 2.10. The lowest BCUT2D eigenvalue weighted by Crippen LogP contribution is -2.30. The summed E-state index contributed by atoms with van der Waals surface area (Å²) in [7, 11) is 4.70. The van der Waals surface area contributed by atoms with Gasteiger partial charge in [0, 0.05) is 0 Å². The molecule has 6 heteroatoms. The summed E-state index contributed by atoms with van der Waals surface area (Å²) in [5.41, 5.74) is 0. The number of hydrogen-bond acceptors (Lipinski definition) is 5. The molecule has 0 aliphatic rings. The van der Waals surface area contributed by atoms with E-state index in [0.717, 1.165) is 11.8 Å². The molecule has 0 fully saturated rings. The molecule has 0 saturated carbocycles. The minimum atomic E-state index is -0.928. The Balaban J connectivity index is 2.97. The molecule has 0 amide bonds. The summed E-state index contributed by atoms with van der Waals surface area (Å²) in [6.07, 6.45) is 0. The van der Waals surface area contributed by atoms with Gasteiger partial charge in [-0.15, -0.1) is 0 Å². The van der Waals surface area contributed by atoms with E-state index in [1.54, 1.807) is 39.5 Å². The predicted molar refractivity (Wildman–Crippen MR) is 65.9 cm³/mol. The maximum Gasteiger partial charge on any atom is 0.331 e. The lowest BCUT2D eigenvalue weighted by Gasteiger charge is -2.14. The van der Waals surface area contributed by atoms with Crippen LogP contribution in [0.1, 0.15) is 0 Å². The predicted octanol–water partition coefficient (Wildman–Crippen LogP) is 1.43. The molecule has 0 aromatic heterocycles. The molecule has 1 aromatic rings. The topological polar surface area (TPSA) is 67.8 Å². The molecule has 0 aliphatic heterocycles. The van der Waals surface area contributed by atoms with Crippen molar-refractivity contribution in [1.29, 1.82) is 0 Å². The fourth-order valence-electron chi connectivity index (χ4n) is 1.24. The van der Waals surface area contributed by atoms with Crippen LogP contribution in [-0.4, -0.2) is 37.7 Å². The highest BCUT2D eigenvalue weighted by Gasteiger charge is 2.18. The zero-order valence-electron chi connectivity index (χ0n) is 9.89. The molecule has 94 valence electrons. The van der Waals surface area contributed by atoms with Gasteiger partial charge in [0.2, 0.25) is 0 Å².